The molecule has 0 fully saturated rings. The molecule has 322 valence electrons. The second-order valence-corrected chi connectivity index (χ2v) is 23.1. The molecule has 1 aliphatic carbocycles. The zero-order chi connectivity index (χ0) is 45.5. The summed E-state index contributed by atoms with van der Waals surface area (Å²) >= 11 is 0. The lowest BCUT2D eigenvalue weighted by Crippen LogP contribution is -2.16. The third-order valence-corrected chi connectivity index (χ3v) is 14.5. The van der Waals surface area contributed by atoms with Crippen LogP contribution < -0.4 is 0 Å². The predicted octanol–water partition coefficient (Wildman–Crippen LogP) is 18.3. The fraction of sp³-hybridized carbons (Fsp3) is 0.250. The molecule has 0 N–H and O–H groups in total. The molecule has 1 aliphatic rings. The van der Waals surface area contributed by atoms with Crippen LogP contribution in [0.3, 0.4) is 0 Å². The first kappa shape index (κ1) is 41.3. The maximum atomic E-state index is 2.59. The van der Waals surface area contributed by atoms with Crippen LogP contribution in [0, 0.1) is 0 Å². The topological polar surface area (TPSA) is 4.41 Å². The van der Waals surface area contributed by atoms with Crippen molar-refractivity contribution in [2.75, 3.05) is 0 Å². The van der Waals surface area contributed by atoms with Gasteiger partial charge in [-0.05, 0) is 147 Å². The first-order valence-electron chi connectivity index (χ1n) is 23.7. The molecule has 65 heavy (non-hydrogen) atoms. The van der Waals surface area contributed by atoms with Gasteiger partial charge in [-0.15, -0.1) is 0 Å². The Kier molecular flexibility index (Phi) is 8.91. The Labute approximate surface area is 386 Å². The molecule has 2 aromatic heterocycles. The van der Waals surface area contributed by atoms with Gasteiger partial charge < -0.3 is 4.40 Å². The van der Waals surface area contributed by atoms with Crippen molar-refractivity contribution in [1.82, 2.24) is 4.40 Å². The number of hydrogen-bond acceptors (Lipinski definition) is 0. The van der Waals surface area contributed by atoms with Crippen LogP contribution in [0.15, 0.2) is 152 Å². The number of hydrogen-bond donors (Lipinski definition) is 0. The highest BCUT2D eigenvalue weighted by Crippen LogP contribution is 2.51. The van der Waals surface area contributed by atoms with Gasteiger partial charge in [0.2, 0.25) is 0 Å². The summed E-state index contributed by atoms with van der Waals surface area (Å²) in [5, 5.41) is 5.17. The van der Waals surface area contributed by atoms with Gasteiger partial charge in [0.25, 0.3) is 0 Å². The van der Waals surface area contributed by atoms with Gasteiger partial charge in [-0.25, -0.2) is 0 Å². The van der Waals surface area contributed by atoms with Crippen molar-refractivity contribution in [1.29, 1.82) is 0 Å². The molecule has 1 heteroatoms. The maximum Gasteiger partial charge on any atom is 0.0620 e. The molecular formula is C64H61N. The minimum absolute atomic E-state index is 0.000508. The van der Waals surface area contributed by atoms with E-state index in [4.69, 9.17) is 0 Å². The SMILES string of the molecule is CC(C)(C)c1cc(-c2ccc3c(c2)c2cc(-c4cc(C(C)(C)C)cc(C(C)(C)C)c4)cc4c5cc6c(cc5n3c24)-c2ccccc2-c2ccccc2-c2ccccc2-6)cc(C(C)(C)C)c1. The van der Waals surface area contributed by atoms with E-state index in [2.05, 4.69) is 239 Å². The van der Waals surface area contributed by atoms with Gasteiger partial charge in [-0.3, -0.25) is 0 Å². The molecule has 11 rings (SSSR count). The van der Waals surface area contributed by atoms with Crippen LogP contribution in [-0.2, 0) is 21.7 Å². The van der Waals surface area contributed by atoms with Crippen LogP contribution in [0.1, 0.15) is 105 Å². The number of aromatic nitrogens is 1. The number of rotatable bonds is 2. The summed E-state index contributed by atoms with van der Waals surface area (Å²) in [6, 6.07) is 59.0. The first-order chi connectivity index (χ1) is 30.7. The Morgan fingerprint density at radius 1 is 0.262 bits per heavy atom. The number of nitrogens with zero attached hydrogens (tertiary/aromatic N) is 1. The Hall–Kier alpha value is -6.44. The standard InChI is InChI=1S/C64H61N/c1-61(2,3)42-27-39(28-43(34-42)62(4,5)6)38-25-26-58-54(31-38)56-32-41(40-29-44(63(7,8)9)35-45(30-40)64(10,11)12)33-57-55-36-52-50-23-17-15-21-48(50)46-19-13-14-20-47(46)49-22-16-18-24-51(49)53(52)37-59(55)65(58)60(56)57/h13-37H,1-12H3. The smallest absolute Gasteiger partial charge is 0.0620 e. The van der Waals surface area contributed by atoms with E-state index in [0.29, 0.717) is 0 Å². The van der Waals surface area contributed by atoms with Crippen molar-refractivity contribution in [2.45, 2.75) is 105 Å². The quantitative estimate of drug-likeness (QED) is 0.163. The highest BCUT2D eigenvalue weighted by Gasteiger charge is 2.28. The van der Waals surface area contributed by atoms with E-state index < -0.39 is 0 Å². The fourth-order valence-electron chi connectivity index (χ4n) is 10.6. The zero-order valence-corrected chi connectivity index (χ0v) is 40.4. The molecule has 0 unspecified atom stereocenters. The lowest BCUT2D eigenvalue weighted by Gasteiger charge is -2.26. The number of benzene rings is 8. The molecule has 2 heterocycles. The summed E-state index contributed by atoms with van der Waals surface area (Å²) in [6.45, 7) is 28.1. The van der Waals surface area contributed by atoms with Crippen molar-refractivity contribution in [3.63, 3.8) is 0 Å². The molecule has 0 atom stereocenters. The summed E-state index contributed by atoms with van der Waals surface area (Å²) < 4.78 is 2.59. The number of fused-ring (bicyclic) bond motifs is 14. The van der Waals surface area contributed by atoms with Gasteiger partial charge in [0, 0.05) is 21.5 Å². The molecule has 8 aromatic carbocycles. The molecule has 10 aromatic rings. The predicted molar refractivity (Wildman–Crippen MR) is 282 cm³/mol. The lowest BCUT2D eigenvalue weighted by molar-refractivity contribution is 0.568. The summed E-state index contributed by atoms with van der Waals surface area (Å²) in [7, 11) is 0. The highest BCUT2D eigenvalue weighted by atomic mass is 14.9. The Balaban J connectivity index is 1.27. The monoisotopic (exact) mass is 843 g/mol. The van der Waals surface area contributed by atoms with Gasteiger partial charge in [0.15, 0.2) is 0 Å². The second-order valence-electron chi connectivity index (χ2n) is 23.1. The normalized spacial score (nSPS) is 13.2. The molecule has 1 nitrogen and oxygen atoms in total. The zero-order valence-electron chi connectivity index (χ0n) is 40.4. The van der Waals surface area contributed by atoms with Crippen LogP contribution in [0.2, 0.25) is 0 Å². The average Bonchev–Trinajstić information content (AvgIpc) is 3.77. The van der Waals surface area contributed by atoms with Crippen molar-refractivity contribution < 1.29 is 0 Å². The molecular weight excluding hydrogens is 783 g/mol. The molecule has 0 spiro atoms. The average molecular weight is 844 g/mol. The summed E-state index contributed by atoms with van der Waals surface area (Å²) in [5.74, 6) is 0. The minimum Gasteiger partial charge on any atom is -0.308 e. The Bertz CT molecular complexity index is 3490. The van der Waals surface area contributed by atoms with E-state index in [0.717, 1.165) is 0 Å². The van der Waals surface area contributed by atoms with E-state index in [-0.39, 0.29) is 21.7 Å². The van der Waals surface area contributed by atoms with Crippen molar-refractivity contribution in [3.05, 3.63) is 174 Å². The van der Waals surface area contributed by atoms with Crippen LogP contribution in [0.5, 0.6) is 0 Å². The van der Waals surface area contributed by atoms with Crippen LogP contribution in [-0.4, -0.2) is 4.40 Å². The molecule has 0 aliphatic heterocycles. The van der Waals surface area contributed by atoms with E-state index in [1.54, 1.807) is 0 Å². The molecule has 0 radical (unpaired) electrons. The van der Waals surface area contributed by atoms with E-state index in [9.17, 15) is 0 Å². The van der Waals surface area contributed by atoms with Crippen LogP contribution >= 0.6 is 0 Å². The summed E-state index contributed by atoms with van der Waals surface area (Å²) in [5.41, 5.74) is 24.5. The lowest BCUT2D eigenvalue weighted by atomic mass is 9.78. The Morgan fingerprint density at radius 2 is 0.585 bits per heavy atom. The highest BCUT2D eigenvalue weighted by molar-refractivity contribution is 6.26. The first-order valence-corrected chi connectivity index (χ1v) is 23.7. The molecule has 0 bridgehead atoms. The van der Waals surface area contributed by atoms with Crippen molar-refractivity contribution in [2.24, 2.45) is 0 Å². The van der Waals surface area contributed by atoms with Crippen molar-refractivity contribution in [3.8, 4) is 66.8 Å². The van der Waals surface area contributed by atoms with Crippen LogP contribution in [0.25, 0.3) is 105 Å². The van der Waals surface area contributed by atoms with Gasteiger partial charge in [-0.2, -0.15) is 0 Å². The third kappa shape index (κ3) is 6.64. The van der Waals surface area contributed by atoms with Gasteiger partial charge in [0.1, 0.15) is 0 Å². The Morgan fingerprint density at radius 3 is 0.985 bits per heavy atom. The largest absolute Gasteiger partial charge is 0.308 e. The van der Waals surface area contributed by atoms with E-state index >= 15 is 0 Å². The summed E-state index contributed by atoms with van der Waals surface area (Å²) in [6.07, 6.45) is 0. The molecule has 0 saturated heterocycles. The molecule has 0 amide bonds. The van der Waals surface area contributed by atoms with Crippen LogP contribution in [0.4, 0.5) is 0 Å². The summed E-state index contributed by atoms with van der Waals surface area (Å²) in [4.78, 5) is 0. The van der Waals surface area contributed by atoms with E-state index in [1.165, 1.54) is 127 Å². The molecule has 0 saturated carbocycles. The van der Waals surface area contributed by atoms with Gasteiger partial charge in [-0.1, -0.05) is 198 Å². The van der Waals surface area contributed by atoms with E-state index in [1.807, 2.05) is 0 Å². The third-order valence-electron chi connectivity index (χ3n) is 14.5. The fourth-order valence-corrected chi connectivity index (χ4v) is 10.6. The van der Waals surface area contributed by atoms with Gasteiger partial charge >= 0.3 is 0 Å². The maximum absolute atomic E-state index is 2.59. The second kappa shape index (κ2) is 14.0. The van der Waals surface area contributed by atoms with Crippen molar-refractivity contribution >= 4 is 38.1 Å². The van der Waals surface area contributed by atoms with Gasteiger partial charge in [0.05, 0.1) is 16.6 Å². The minimum atomic E-state index is 0.000508.